The number of carbonyl (C=O) groups excluding carboxylic acids is 1. The van der Waals surface area contributed by atoms with Gasteiger partial charge >= 0.3 is 0 Å². The molecule has 2 heterocycles. The topological polar surface area (TPSA) is 101 Å². The SMILES string of the molecule is CC1(C)CC(N)CC(c2ccncc2NC(=O)c2csc(-c3c(F)ccc(O)c3F)n2)C1. The largest absolute Gasteiger partial charge is 0.505 e. The maximum atomic E-state index is 14.2. The minimum absolute atomic E-state index is 0.0163. The zero-order chi connectivity index (χ0) is 23.0. The number of aromatic nitrogens is 2. The number of phenolic OH excluding ortho intramolecular Hbond substituents is 1. The number of halogens is 2. The molecule has 32 heavy (non-hydrogen) atoms. The number of hydrogen-bond donors (Lipinski definition) is 3. The van der Waals surface area contributed by atoms with Gasteiger partial charge in [-0.05, 0) is 54.4 Å². The molecule has 1 fully saturated rings. The van der Waals surface area contributed by atoms with Crippen LogP contribution in [0, 0.1) is 17.0 Å². The molecular formula is C23H24F2N4O2S. The first kappa shape index (κ1) is 22.3. The highest BCUT2D eigenvalue weighted by atomic mass is 32.1. The fourth-order valence-electron chi connectivity index (χ4n) is 4.51. The molecule has 6 nitrogen and oxygen atoms in total. The van der Waals surface area contributed by atoms with Gasteiger partial charge in [0.2, 0.25) is 0 Å². The fraction of sp³-hybridized carbons (Fsp3) is 0.348. The summed E-state index contributed by atoms with van der Waals surface area (Å²) in [5.74, 6) is -3.00. The highest BCUT2D eigenvalue weighted by Gasteiger charge is 2.34. The third kappa shape index (κ3) is 4.49. The summed E-state index contributed by atoms with van der Waals surface area (Å²) in [5.41, 5.74) is 7.45. The molecule has 0 spiro atoms. The van der Waals surface area contributed by atoms with Crippen molar-refractivity contribution < 1.29 is 18.7 Å². The minimum Gasteiger partial charge on any atom is -0.505 e. The maximum Gasteiger partial charge on any atom is 0.275 e. The van der Waals surface area contributed by atoms with Gasteiger partial charge in [-0.15, -0.1) is 11.3 Å². The second-order valence-electron chi connectivity index (χ2n) is 8.98. The maximum absolute atomic E-state index is 14.2. The van der Waals surface area contributed by atoms with Gasteiger partial charge in [0.15, 0.2) is 11.6 Å². The third-order valence-electron chi connectivity index (χ3n) is 5.77. The average molecular weight is 459 g/mol. The Morgan fingerprint density at radius 3 is 2.81 bits per heavy atom. The van der Waals surface area contributed by atoms with Crippen LogP contribution in [-0.4, -0.2) is 27.0 Å². The van der Waals surface area contributed by atoms with Crippen molar-refractivity contribution in [3.63, 3.8) is 0 Å². The van der Waals surface area contributed by atoms with Crippen molar-refractivity contribution in [3.05, 3.63) is 58.9 Å². The molecule has 9 heteroatoms. The minimum atomic E-state index is -1.11. The predicted molar refractivity (Wildman–Crippen MR) is 120 cm³/mol. The quantitative estimate of drug-likeness (QED) is 0.507. The molecule has 2 atom stereocenters. The molecule has 4 rings (SSSR count). The van der Waals surface area contributed by atoms with Crippen LogP contribution >= 0.6 is 11.3 Å². The molecule has 1 amide bonds. The molecule has 4 N–H and O–H groups in total. The number of hydrogen-bond acceptors (Lipinski definition) is 6. The number of anilines is 1. The summed E-state index contributed by atoms with van der Waals surface area (Å²) in [6.45, 7) is 4.38. The van der Waals surface area contributed by atoms with Crippen molar-refractivity contribution in [3.8, 4) is 16.3 Å². The molecule has 0 aliphatic heterocycles. The van der Waals surface area contributed by atoms with Crippen LogP contribution < -0.4 is 11.1 Å². The van der Waals surface area contributed by atoms with Crippen LogP contribution in [0.2, 0.25) is 0 Å². The smallest absolute Gasteiger partial charge is 0.275 e. The highest BCUT2D eigenvalue weighted by molar-refractivity contribution is 7.13. The van der Waals surface area contributed by atoms with Crippen LogP contribution in [0.3, 0.4) is 0 Å². The number of nitrogens with zero attached hydrogens (tertiary/aromatic N) is 2. The number of nitrogens with one attached hydrogen (secondary N) is 1. The second-order valence-corrected chi connectivity index (χ2v) is 9.83. The Bertz CT molecular complexity index is 1160. The number of benzene rings is 1. The van der Waals surface area contributed by atoms with E-state index in [0.717, 1.165) is 48.3 Å². The zero-order valence-corrected chi connectivity index (χ0v) is 18.5. The molecule has 2 aromatic heterocycles. The number of pyridine rings is 1. The molecule has 1 aliphatic carbocycles. The number of amides is 1. The van der Waals surface area contributed by atoms with E-state index in [9.17, 15) is 18.7 Å². The summed E-state index contributed by atoms with van der Waals surface area (Å²) >= 11 is 0.916. The second kappa shape index (κ2) is 8.55. The van der Waals surface area contributed by atoms with E-state index in [1.165, 1.54) is 5.38 Å². The summed E-state index contributed by atoms with van der Waals surface area (Å²) < 4.78 is 28.3. The molecule has 1 saturated carbocycles. The van der Waals surface area contributed by atoms with E-state index in [4.69, 9.17) is 5.73 Å². The monoisotopic (exact) mass is 458 g/mol. The molecule has 0 bridgehead atoms. The van der Waals surface area contributed by atoms with E-state index in [-0.39, 0.29) is 28.1 Å². The van der Waals surface area contributed by atoms with E-state index in [1.54, 1.807) is 12.4 Å². The van der Waals surface area contributed by atoms with Crippen molar-refractivity contribution in [1.29, 1.82) is 0 Å². The lowest BCUT2D eigenvalue weighted by atomic mass is 9.68. The van der Waals surface area contributed by atoms with E-state index in [0.29, 0.717) is 5.69 Å². The highest BCUT2D eigenvalue weighted by Crippen LogP contribution is 2.44. The number of aromatic hydroxyl groups is 1. The molecule has 3 aromatic rings. The molecular weight excluding hydrogens is 434 g/mol. The number of nitrogens with two attached hydrogens (primary N) is 1. The first-order chi connectivity index (χ1) is 15.1. The Labute approximate surface area is 188 Å². The van der Waals surface area contributed by atoms with Gasteiger partial charge in [0.05, 0.1) is 17.4 Å². The lowest BCUT2D eigenvalue weighted by molar-refractivity contribution is 0.102. The first-order valence-corrected chi connectivity index (χ1v) is 11.2. The molecule has 0 radical (unpaired) electrons. The molecule has 168 valence electrons. The summed E-state index contributed by atoms with van der Waals surface area (Å²) in [6.07, 6.45) is 5.96. The van der Waals surface area contributed by atoms with Gasteiger partial charge in [-0.3, -0.25) is 9.78 Å². The molecule has 0 saturated heterocycles. The number of carbonyl (C=O) groups is 1. The van der Waals surface area contributed by atoms with Gasteiger partial charge in [0, 0.05) is 17.6 Å². The predicted octanol–water partition coefficient (Wildman–Crippen LogP) is 5.06. The van der Waals surface area contributed by atoms with Gasteiger partial charge in [-0.25, -0.2) is 13.8 Å². The lowest BCUT2D eigenvalue weighted by Crippen LogP contribution is -2.36. The van der Waals surface area contributed by atoms with Crippen LogP contribution in [-0.2, 0) is 0 Å². The fourth-order valence-corrected chi connectivity index (χ4v) is 5.35. The number of thiazole rings is 1. The Kier molecular flexibility index (Phi) is 5.96. The van der Waals surface area contributed by atoms with Crippen LogP contribution in [0.25, 0.3) is 10.6 Å². The van der Waals surface area contributed by atoms with Crippen LogP contribution in [0.1, 0.15) is 55.1 Å². The third-order valence-corrected chi connectivity index (χ3v) is 6.63. The summed E-state index contributed by atoms with van der Waals surface area (Å²) in [7, 11) is 0. The van der Waals surface area contributed by atoms with Gasteiger partial charge in [-0.1, -0.05) is 13.8 Å². The molecule has 1 aromatic carbocycles. The van der Waals surface area contributed by atoms with Crippen molar-refractivity contribution in [1.82, 2.24) is 9.97 Å². The van der Waals surface area contributed by atoms with Crippen molar-refractivity contribution in [2.45, 2.75) is 45.1 Å². The zero-order valence-electron chi connectivity index (χ0n) is 17.7. The van der Waals surface area contributed by atoms with E-state index in [1.807, 2.05) is 6.07 Å². The molecule has 1 aliphatic rings. The van der Waals surface area contributed by atoms with Crippen LogP contribution in [0.15, 0.2) is 36.0 Å². The Hall–Kier alpha value is -2.91. The van der Waals surface area contributed by atoms with E-state index in [2.05, 4.69) is 29.1 Å². The number of phenols is 1. The summed E-state index contributed by atoms with van der Waals surface area (Å²) in [4.78, 5) is 21.1. The molecule has 2 unspecified atom stereocenters. The van der Waals surface area contributed by atoms with Crippen molar-refractivity contribution >= 4 is 22.9 Å². The van der Waals surface area contributed by atoms with E-state index < -0.39 is 28.9 Å². The Morgan fingerprint density at radius 2 is 2.06 bits per heavy atom. The lowest BCUT2D eigenvalue weighted by Gasteiger charge is -2.39. The average Bonchev–Trinajstić information content (AvgIpc) is 3.20. The first-order valence-electron chi connectivity index (χ1n) is 10.3. The Morgan fingerprint density at radius 1 is 1.28 bits per heavy atom. The summed E-state index contributed by atoms with van der Waals surface area (Å²) in [6, 6.07) is 3.84. The number of rotatable bonds is 4. The van der Waals surface area contributed by atoms with Crippen molar-refractivity contribution in [2.24, 2.45) is 11.1 Å². The van der Waals surface area contributed by atoms with Crippen LogP contribution in [0.5, 0.6) is 5.75 Å². The van der Waals surface area contributed by atoms with Crippen molar-refractivity contribution in [2.75, 3.05) is 5.32 Å². The van der Waals surface area contributed by atoms with Gasteiger partial charge in [0.25, 0.3) is 5.91 Å². The van der Waals surface area contributed by atoms with Crippen LogP contribution in [0.4, 0.5) is 14.5 Å². The van der Waals surface area contributed by atoms with E-state index >= 15 is 0 Å². The normalized spacial score (nSPS) is 20.2. The van der Waals surface area contributed by atoms with Gasteiger partial charge in [0.1, 0.15) is 16.5 Å². The van der Waals surface area contributed by atoms with Gasteiger partial charge < -0.3 is 16.2 Å². The standard InChI is InChI=1S/C23H24F2N4O2S/c1-23(2)8-12(7-13(26)9-23)14-5-6-27-10-16(14)28-21(31)17-11-32-22(29-17)19-15(24)3-4-18(30)20(19)25/h3-6,10-13,30H,7-9,26H2,1-2H3,(H,28,31). The Balaban J connectivity index is 1.59. The summed E-state index contributed by atoms with van der Waals surface area (Å²) in [5, 5.41) is 13.8. The van der Waals surface area contributed by atoms with Gasteiger partial charge in [-0.2, -0.15) is 0 Å².